The number of hydrogen-bond donors (Lipinski definition) is 1. The van der Waals surface area contributed by atoms with Crippen molar-refractivity contribution in [1.29, 1.82) is 0 Å². The molecule has 1 unspecified atom stereocenters. The minimum atomic E-state index is 0.0289. The van der Waals surface area contributed by atoms with E-state index in [1.165, 1.54) is 0 Å². The summed E-state index contributed by atoms with van der Waals surface area (Å²) >= 11 is 12.4. The predicted octanol–water partition coefficient (Wildman–Crippen LogP) is 5.45. The van der Waals surface area contributed by atoms with Crippen molar-refractivity contribution in [1.82, 2.24) is 5.32 Å². The molecule has 1 rings (SSSR count). The van der Waals surface area contributed by atoms with E-state index in [-0.39, 0.29) is 11.6 Å². The van der Waals surface area contributed by atoms with Gasteiger partial charge in [0.1, 0.15) is 5.75 Å². The van der Waals surface area contributed by atoms with Gasteiger partial charge in [0.25, 0.3) is 0 Å². The zero-order valence-corrected chi connectivity index (χ0v) is 14.5. The van der Waals surface area contributed by atoms with Crippen LogP contribution in [0.2, 0.25) is 10.0 Å². The summed E-state index contributed by atoms with van der Waals surface area (Å²) in [5, 5.41) is 4.65. The van der Waals surface area contributed by atoms with E-state index in [1.54, 1.807) is 6.07 Å². The van der Waals surface area contributed by atoms with Gasteiger partial charge in [0.05, 0.1) is 11.1 Å². The fourth-order valence-electron chi connectivity index (χ4n) is 1.90. The van der Waals surface area contributed by atoms with Crippen molar-refractivity contribution in [3.63, 3.8) is 0 Å². The highest BCUT2D eigenvalue weighted by molar-refractivity contribution is 6.35. The monoisotopic (exact) mass is 317 g/mol. The highest BCUT2D eigenvalue weighted by Crippen LogP contribution is 2.33. The fourth-order valence-corrected chi connectivity index (χ4v) is 2.48. The molecular formula is C16H25Cl2NO. The summed E-state index contributed by atoms with van der Waals surface area (Å²) in [6.45, 7) is 11.3. The Morgan fingerprint density at radius 3 is 2.45 bits per heavy atom. The van der Waals surface area contributed by atoms with Gasteiger partial charge in [0, 0.05) is 22.7 Å². The fraction of sp³-hybridized carbons (Fsp3) is 0.625. The van der Waals surface area contributed by atoms with Gasteiger partial charge in [0.15, 0.2) is 0 Å². The van der Waals surface area contributed by atoms with Crippen LogP contribution in [0.25, 0.3) is 0 Å². The minimum Gasteiger partial charge on any atom is -0.489 e. The van der Waals surface area contributed by atoms with E-state index in [0.29, 0.717) is 16.6 Å². The van der Waals surface area contributed by atoms with Crippen molar-refractivity contribution in [3.05, 3.63) is 27.7 Å². The highest BCUT2D eigenvalue weighted by atomic mass is 35.5. The highest BCUT2D eigenvalue weighted by Gasteiger charge is 2.16. The zero-order valence-electron chi connectivity index (χ0n) is 13.0. The molecule has 2 nitrogen and oxygen atoms in total. The van der Waals surface area contributed by atoms with E-state index in [2.05, 4.69) is 39.9 Å². The lowest BCUT2D eigenvalue weighted by atomic mass is 10.1. The third kappa shape index (κ3) is 5.90. The SMILES string of the molecule is CCCC(C)Oc1c(Cl)cc(Cl)cc1CNC(C)(C)C. The minimum absolute atomic E-state index is 0.0289. The average molecular weight is 318 g/mol. The third-order valence-electron chi connectivity index (χ3n) is 2.91. The summed E-state index contributed by atoms with van der Waals surface area (Å²) in [6, 6.07) is 3.65. The van der Waals surface area contributed by atoms with Gasteiger partial charge in [-0.25, -0.2) is 0 Å². The Morgan fingerprint density at radius 1 is 1.25 bits per heavy atom. The standard InChI is InChI=1S/C16H25Cl2NO/c1-6-7-11(2)20-15-12(10-19-16(3,4)5)8-13(17)9-14(15)18/h8-9,11,19H,6-7,10H2,1-5H3. The second kappa shape index (κ2) is 7.53. The number of benzene rings is 1. The predicted molar refractivity (Wildman–Crippen MR) is 88.1 cm³/mol. The first-order chi connectivity index (χ1) is 9.23. The molecule has 0 saturated heterocycles. The Morgan fingerprint density at radius 2 is 1.90 bits per heavy atom. The van der Waals surface area contributed by atoms with E-state index in [0.717, 1.165) is 24.2 Å². The average Bonchev–Trinajstić information content (AvgIpc) is 2.29. The van der Waals surface area contributed by atoms with Crippen LogP contribution in [0.4, 0.5) is 0 Å². The molecule has 0 aliphatic heterocycles. The van der Waals surface area contributed by atoms with Crippen molar-refractivity contribution in [2.75, 3.05) is 0 Å². The lowest BCUT2D eigenvalue weighted by Gasteiger charge is -2.23. The van der Waals surface area contributed by atoms with Crippen LogP contribution in [0.3, 0.4) is 0 Å². The Bertz CT molecular complexity index is 441. The van der Waals surface area contributed by atoms with Crippen molar-refractivity contribution in [2.24, 2.45) is 0 Å². The molecule has 0 bridgehead atoms. The van der Waals surface area contributed by atoms with Crippen molar-refractivity contribution >= 4 is 23.2 Å². The number of nitrogens with one attached hydrogen (secondary N) is 1. The first-order valence-electron chi connectivity index (χ1n) is 7.12. The molecule has 0 spiro atoms. The molecule has 114 valence electrons. The van der Waals surface area contributed by atoms with E-state index in [1.807, 2.05) is 6.07 Å². The second-order valence-electron chi connectivity index (χ2n) is 6.20. The van der Waals surface area contributed by atoms with Crippen molar-refractivity contribution in [3.8, 4) is 5.75 Å². The smallest absolute Gasteiger partial charge is 0.142 e. The van der Waals surface area contributed by atoms with Gasteiger partial charge in [-0.1, -0.05) is 36.5 Å². The molecule has 0 radical (unpaired) electrons. The van der Waals surface area contributed by atoms with E-state index in [9.17, 15) is 0 Å². The molecule has 4 heteroatoms. The maximum atomic E-state index is 6.29. The van der Waals surface area contributed by atoms with Crippen LogP contribution in [0.5, 0.6) is 5.75 Å². The van der Waals surface area contributed by atoms with Gasteiger partial charge in [-0.05, 0) is 46.2 Å². The second-order valence-corrected chi connectivity index (χ2v) is 7.04. The van der Waals surface area contributed by atoms with Crippen LogP contribution in [0.15, 0.2) is 12.1 Å². The Hall–Kier alpha value is -0.440. The van der Waals surface area contributed by atoms with Crippen LogP contribution in [0, 0.1) is 0 Å². The largest absolute Gasteiger partial charge is 0.489 e. The lowest BCUT2D eigenvalue weighted by molar-refractivity contribution is 0.207. The number of halogens is 2. The topological polar surface area (TPSA) is 21.3 Å². The molecule has 20 heavy (non-hydrogen) atoms. The first-order valence-corrected chi connectivity index (χ1v) is 7.88. The quantitative estimate of drug-likeness (QED) is 0.753. The molecule has 0 fully saturated rings. The molecule has 0 aliphatic rings. The first kappa shape index (κ1) is 17.6. The van der Waals surface area contributed by atoms with Gasteiger partial charge in [-0.3, -0.25) is 0 Å². The molecule has 0 saturated carbocycles. The Labute approximate surface area is 132 Å². The van der Waals surface area contributed by atoms with Crippen LogP contribution in [0.1, 0.15) is 53.0 Å². The maximum absolute atomic E-state index is 6.29. The van der Waals surface area contributed by atoms with Gasteiger partial charge >= 0.3 is 0 Å². The molecule has 0 aliphatic carbocycles. The molecule has 1 N–H and O–H groups in total. The lowest BCUT2D eigenvalue weighted by Crippen LogP contribution is -2.35. The summed E-state index contributed by atoms with van der Waals surface area (Å²) in [4.78, 5) is 0. The van der Waals surface area contributed by atoms with Gasteiger partial charge < -0.3 is 10.1 Å². The summed E-state index contributed by atoms with van der Waals surface area (Å²) in [6.07, 6.45) is 2.24. The van der Waals surface area contributed by atoms with E-state index in [4.69, 9.17) is 27.9 Å². The number of rotatable bonds is 6. The summed E-state index contributed by atoms with van der Waals surface area (Å²) < 4.78 is 6.01. The van der Waals surface area contributed by atoms with Gasteiger partial charge in [-0.2, -0.15) is 0 Å². The summed E-state index contributed by atoms with van der Waals surface area (Å²) in [7, 11) is 0. The summed E-state index contributed by atoms with van der Waals surface area (Å²) in [5.41, 5.74) is 1.03. The van der Waals surface area contributed by atoms with Crippen LogP contribution in [-0.2, 0) is 6.54 Å². The zero-order chi connectivity index (χ0) is 15.3. The maximum Gasteiger partial charge on any atom is 0.142 e. The van der Waals surface area contributed by atoms with E-state index >= 15 is 0 Å². The third-order valence-corrected chi connectivity index (χ3v) is 3.41. The van der Waals surface area contributed by atoms with E-state index < -0.39 is 0 Å². The van der Waals surface area contributed by atoms with Crippen LogP contribution >= 0.6 is 23.2 Å². The van der Waals surface area contributed by atoms with Crippen LogP contribution in [-0.4, -0.2) is 11.6 Å². The Kier molecular flexibility index (Phi) is 6.63. The van der Waals surface area contributed by atoms with Crippen LogP contribution < -0.4 is 10.1 Å². The molecule has 0 amide bonds. The summed E-state index contributed by atoms with van der Waals surface area (Å²) in [5.74, 6) is 0.744. The molecule has 1 aromatic rings. The molecule has 1 atom stereocenters. The van der Waals surface area contributed by atoms with Gasteiger partial charge in [0.2, 0.25) is 0 Å². The van der Waals surface area contributed by atoms with Crippen molar-refractivity contribution in [2.45, 2.75) is 65.6 Å². The molecular weight excluding hydrogens is 293 g/mol. The number of ether oxygens (including phenoxy) is 1. The molecule has 1 aromatic carbocycles. The normalized spacial score (nSPS) is 13.3. The molecule has 0 aromatic heterocycles. The Balaban J connectivity index is 2.95. The van der Waals surface area contributed by atoms with Crippen molar-refractivity contribution < 1.29 is 4.74 Å². The molecule has 0 heterocycles. The van der Waals surface area contributed by atoms with Gasteiger partial charge in [-0.15, -0.1) is 0 Å². The number of hydrogen-bond acceptors (Lipinski definition) is 2.